The molecular formula is C9H18N2O3S. The average Bonchev–Trinajstić information content (AvgIpc) is 2.18. The van der Waals surface area contributed by atoms with Crippen molar-refractivity contribution in [3.05, 3.63) is 0 Å². The molecule has 0 aliphatic rings. The number of hydrogen-bond donors (Lipinski definition) is 3. The Kier molecular flexibility index (Phi) is 7.89. The summed E-state index contributed by atoms with van der Waals surface area (Å²) < 4.78 is 0. The third-order valence-electron chi connectivity index (χ3n) is 1.94. The number of urea groups is 1. The minimum atomic E-state index is -0.873. The van der Waals surface area contributed by atoms with Crippen molar-refractivity contribution in [1.29, 1.82) is 0 Å². The van der Waals surface area contributed by atoms with E-state index in [2.05, 4.69) is 10.6 Å². The van der Waals surface area contributed by atoms with Gasteiger partial charge in [-0.15, -0.1) is 0 Å². The van der Waals surface area contributed by atoms with Crippen LogP contribution in [-0.2, 0) is 4.79 Å². The molecule has 2 amide bonds. The minimum absolute atomic E-state index is 0.178. The third kappa shape index (κ3) is 7.07. The van der Waals surface area contributed by atoms with Crippen LogP contribution in [0.1, 0.15) is 13.3 Å². The molecule has 0 saturated heterocycles. The molecule has 1 unspecified atom stereocenters. The lowest BCUT2D eigenvalue weighted by Gasteiger charge is -2.11. The summed E-state index contributed by atoms with van der Waals surface area (Å²) in [6.07, 6.45) is 2.47. The summed E-state index contributed by atoms with van der Waals surface area (Å²) in [4.78, 5) is 21.8. The van der Waals surface area contributed by atoms with Gasteiger partial charge in [-0.25, -0.2) is 4.79 Å². The molecule has 5 nitrogen and oxygen atoms in total. The van der Waals surface area contributed by atoms with Crippen LogP contribution < -0.4 is 10.6 Å². The second-order valence-corrected chi connectivity index (χ2v) is 4.06. The molecule has 0 rings (SSSR count). The maximum absolute atomic E-state index is 11.1. The van der Waals surface area contributed by atoms with Crippen LogP contribution in [-0.4, -0.2) is 42.2 Å². The highest BCUT2D eigenvalue weighted by atomic mass is 32.2. The largest absolute Gasteiger partial charge is 0.481 e. The van der Waals surface area contributed by atoms with Crippen molar-refractivity contribution in [2.24, 2.45) is 5.92 Å². The first-order valence-corrected chi connectivity index (χ1v) is 6.24. The second-order valence-electron chi connectivity index (χ2n) is 3.07. The van der Waals surface area contributed by atoms with Gasteiger partial charge in [0.1, 0.15) is 0 Å². The SMILES string of the molecule is CCC(CNC(=O)NCCSC)C(=O)O. The van der Waals surface area contributed by atoms with E-state index in [1.807, 2.05) is 6.26 Å². The molecule has 88 valence electrons. The predicted octanol–water partition coefficient (Wildman–Crippen LogP) is 0.759. The van der Waals surface area contributed by atoms with E-state index in [1.165, 1.54) is 0 Å². The van der Waals surface area contributed by atoms with E-state index in [9.17, 15) is 9.59 Å². The highest BCUT2D eigenvalue weighted by molar-refractivity contribution is 7.98. The minimum Gasteiger partial charge on any atom is -0.481 e. The zero-order valence-corrected chi connectivity index (χ0v) is 9.89. The molecule has 0 saturated carbocycles. The Morgan fingerprint density at radius 3 is 2.53 bits per heavy atom. The molecule has 0 heterocycles. The van der Waals surface area contributed by atoms with Gasteiger partial charge in [0.25, 0.3) is 0 Å². The second kappa shape index (κ2) is 8.40. The zero-order valence-electron chi connectivity index (χ0n) is 9.08. The highest BCUT2D eigenvalue weighted by Gasteiger charge is 2.15. The third-order valence-corrected chi connectivity index (χ3v) is 2.56. The van der Waals surface area contributed by atoms with Gasteiger partial charge in [-0.3, -0.25) is 4.79 Å². The van der Waals surface area contributed by atoms with Gasteiger partial charge in [0.05, 0.1) is 5.92 Å². The molecule has 0 spiro atoms. The average molecular weight is 234 g/mol. The first-order chi connectivity index (χ1) is 7.11. The van der Waals surface area contributed by atoms with E-state index >= 15 is 0 Å². The summed E-state index contributed by atoms with van der Waals surface area (Å²) in [5, 5.41) is 13.9. The lowest BCUT2D eigenvalue weighted by molar-refractivity contribution is -0.141. The molecule has 0 radical (unpaired) electrons. The van der Waals surface area contributed by atoms with Crippen molar-refractivity contribution >= 4 is 23.8 Å². The van der Waals surface area contributed by atoms with Gasteiger partial charge in [-0.1, -0.05) is 6.92 Å². The number of carbonyl (C=O) groups excluding carboxylic acids is 1. The van der Waals surface area contributed by atoms with Crippen molar-refractivity contribution in [3.63, 3.8) is 0 Å². The smallest absolute Gasteiger partial charge is 0.314 e. The van der Waals surface area contributed by atoms with Crippen LogP contribution >= 0.6 is 11.8 Å². The number of aliphatic carboxylic acids is 1. The number of carbonyl (C=O) groups is 2. The first-order valence-electron chi connectivity index (χ1n) is 4.85. The van der Waals surface area contributed by atoms with Crippen LogP contribution in [0.25, 0.3) is 0 Å². The van der Waals surface area contributed by atoms with E-state index in [1.54, 1.807) is 18.7 Å². The van der Waals surface area contributed by atoms with Gasteiger partial charge in [0.2, 0.25) is 0 Å². The Morgan fingerprint density at radius 2 is 2.07 bits per heavy atom. The summed E-state index contributed by atoms with van der Waals surface area (Å²) in [5.41, 5.74) is 0. The van der Waals surface area contributed by atoms with Crippen LogP contribution in [0, 0.1) is 5.92 Å². The molecule has 3 N–H and O–H groups in total. The van der Waals surface area contributed by atoms with Gasteiger partial charge < -0.3 is 15.7 Å². The van der Waals surface area contributed by atoms with Crippen molar-refractivity contribution in [2.75, 3.05) is 25.1 Å². The predicted molar refractivity (Wildman–Crippen MR) is 61.2 cm³/mol. The van der Waals surface area contributed by atoms with Gasteiger partial charge >= 0.3 is 12.0 Å². The Balaban J connectivity index is 3.64. The molecule has 6 heteroatoms. The van der Waals surface area contributed by atoms with E-state index < -0.39 is 11.9 Å². The van der Waals surface area contributed by atoms with Gasteiger partial charge in [0.15, 0.2) is 0 Å². The topological polar surface area (TPSA) is 78.4 Å². The fourth-order valence-corrected chi connectivity index (χ4v) is 1.26. The Labute approximate surface area is 94.0 Å². The fourth-order valence-electron chi connectivity index (χ4n) is 0.951. The number of nitrogens with one attached hydrogen (secondary N) is 2. The maximum Gasteiger partial charge on any atom is 0.314 e. The quantitative estimate of drug-likeness (QED) is 0.568. The monoisotopic (exact) mass is 234 g/mol. The van der Waals surface area contributed by atoms with Gasteiger partial charge in [-0.05, 0) is 12.7 Å². The van der Waals surface area contributed by atoms with Crippen molar-refractivity contribution in [2.45, 2.75) is 13.3 Å². The molecule has 0 fully saturated rings. The molecule has 1 atom stereocenters. The number of carboxylic acid groups (broad SMARTS) is 1. The summed E-state index contributed by atoms with van der Waals surface area (Å²) in [5.74, 6) is -0.526. The summed E-state index contributed by atoms with van der Waals surface area (Å²) >= 11 is 1.64. The number of hydrogen-bond acceptors (Lipinski definition) is 3. The van der Waals surface area contributed by atoms with Crippen LogP contribution in [0.4, 0.5) is 4.79 Å². The number of thioether (sulfide) groups is 1. The van der Waals surface area contributed by atoms with Crippen LogP contribution in [0.2, 0.25) is 0 Å². The lowest BCUT2D eigenvalue weighted by Crippen LogP contribution is -2.40. The number of amides is 2. The molecule has 0 aliphatic heterocycles. The van der Waals surface area contributed by atoms with Crippen molar-refractivity contribution in [1.82, 2.24) is 10.6 Å². The normalized spacial score (nSPS) is 11.9. The van der Waals surface area contributed by atoms with Crippen LogP contribution in [0.15, 0.2) is 0 Å². The molecule has 15 heavy (non-hydrogen) atoms. The summed E-state index contributed by atoms with van der Waals surface area (Å²) in [6, 6.07) is -0.302. The summed E-state index contributed by atoms with van der Waals surface area (Å²) in [7, 11) is 0. The van der Waals surface area contributed by atoms with Crippen LogP contribution in [0.3, 0.4) is 0 Å². The number of carboxylic acids is 1. The lowest BCUT2D eigenvalue weighted by atomic mass is 10.1. The molecule has 0 aromatic rings. The van der Waals surface area contributed by atoms with Crippen molar-refractivity contribution in [3.8, 4) is 0 Å². The molecule has 0 aliphatic carbocycles. The molecule has 0 aromatic heterocycles. The summed E-state index contributed by atoms with van der Waals surface area (Å²) in [6.45, 7) is 2.56. The zero-order chi connectivity index (χ0) is 11.7. The maximum atomic E-state index is 11.1. The number of rotatable bonds is 7. The molecule has 0 aromatic carbocycles. The van der Waals surface area contributed by atoms with Gasteiger partial charge in [0, 0.05) is 18.8 Å². The van der Waals surface area contributed by atoms with Crippen LogP contribution in [0.5, 0.6) is 0 Å². The molecule has 0 bridgehead atoms. The Bertz CT molecular complexity index is 212. The Hall–Kier alpha value is -0.910. The van der Waals surface area contributed by atoms with Gasteiger partial charge in [-0.2, -0.15) is 11.8 Å². The standard InChI is InChI=1S/C9H18N2O3S/c1-3-7(8(12)13)6-11-9(14)10-4-5-15-2/h7H,3-6H2,1-2H3,(H,12,13)(H2,10,11,14). The first kappa shape index (κ1) is 14.1. The van der Waals surface area contributed by atoms with Crippen molar-refractivity contribution < 1.29 is 14.7 Å². The molecular weight excluding hydrogens is 216 g/mol. The van der Waals surface area contributed by atoms with E-state index in [4.69, 9.17) is 5.11 Å². The van der Waals surface area contributed by atoms with E-state index in [-0.39, 0.29) is 12.6 Å². The Morgan fingerprint density at radius 1 is 1.40 bits per heavy atom. The fraction of sp³-hybridized carbons (Fsp3) is 0.778. The highest BCUT2D eigenvalue weighted by Crippen LogP contribution is 1.99. The van der Waals surface area contributed by atoms with E-state index in [0.29, 0.717) is 13.0 Å². The van der Waals surface area contributed by atoms with E-state index in [0.717, 1.165) is 5.75 Å².